The summed E-state index contributed by atoms with van der Waals surface area (Å²) in [6, 6.07) is 3.11. The van der Waals surface area contributed by atoms with Crippen LogP contribution in [-0.4, -0.2) is 46.6 Å². The van der Waals surface area contributed by atoms with E-state index in [4.69, 9.17) is 11.6 Å². The van der Waals surface area contributed by atoms with Gasteiger partial charge in [0, 0.05) is 12.7 Å². The van der Waals surface area contributed by atoms with Crippen LogP contribution in [0.15, 0.2) is 18.3 Å². The molecule has 2 atom stereocenters. The first kappa shape index (κ1) is 15.9. The average Bonchev–Trinajstić information content (AvgIpc) is 2.37. The van der Waals surface area contributed by atoms with Crippen molar-refractivity contribution in [3.05, 3.63) is 23.5 Å². The number of hydrogen-bond donors (Lipinski definition) is 2. The number of carbonyl (C=O) groups excluding carboxylic acids is 1. The number of halogens is 1. The van der Waals surface area contributed by atoms with E-state index >= 15 is 0 Å². The Bertz CT molecular complexity index is 426. The largest absolute Gasteiger partial charge is 0.393 e. The molecule has 19 heavy (non-hydrogen) atoms. The highest BCUT2D eigenvalue weighted by atomic mass is 35.5. The summed E-state index contributed by atoms with van der Waals surface area (Å²) in [5, 5.41) is 12.3. The third kappa shape index (κ3) is 5.14. The lowest BCUT2D eigenvalue weighted by atomic mass is 10.2. The van der Waals surface area contributed by atoms with Crippen molar-refractivity contribution < 1.29 is 9.90 Å². The highest BCUT2D eigenvalue weighted by molar-refractivity contribution is 6.32. The molecule has 1 heterocycles. The first-order valence-corrected chi connectivity index (χ1v) is 6.59. The molecule has 0 aromatic carbocycles. The van der Waals surface area contributed by atoms with Crippen molar-refractivity contribution in [3.63, 3.8) is 0 Å². The van der Waals surface area contributed by atoms with Crippen molar-refractivity contribution in [2.75, 3.05) is 18.9 Å². The normalized spacial score (nSPS) is 14.2. The van der Waals surface area contributed by atoms with Crippen molar-refractivity contribution in [2.45, 2.75) is 32.4 Å². The summed E-state index contributed by atoms with van der Waals surface area (Å²) in [7, 11) is 1.84. The lowest BCUT2D eigenvalue weighted by Gasteiger charge is -2.24. The van der Waals surface area contributed by atoms with Gasteiger partial charge in [-0.3, -0.25) is 9.69 Å². The number of aliphatic hydroxyl groups is 1. The number of anilines is 1. The van der Waals surface area contributed by atoms with Crippen LogP contribution >= 0.6 is 11.6 Å². The molecule has 0 saturated heterocycles. The number of aliphatic hydroxyl groups excluding tert-OH is 1. The molecule has 1 aromatic heterocycles. The zero-order chi connectivity index (χ0) is 14.4. The van der Waals surface area contributed by atoms with Crippen LogP contribution in [0.5, 0.6) is 0 Å². The fraction of sp³-hybridized carbons (Fsp3) is 0.538. The minimum atomic E-state index is -0.370. The van der Waals surface area contributed by atoms with E-state index in [1.807, 2.05) is 18.9 Å². The maximum atomic E-state index is 12.0. The fourth-order valence-electron chi connectivity index (χ4n) is 1.50. The summed E-state index contributed by atoms with van der Waals surface area (Å²) >= 11 is 5.88. The van der Waals surface area contributed by atoms with Gasteiger partial charge in [-0.15, -0.1) is 0 Å². The second-order valence-electron chi connectivity index (χ2n) is 4.63. The molecule has 0 aliphatic heterocycles. The molecule has 1 rings (SSSR count). The fourth-order valence-corrected chi connectivity index (χ4v) is 1.67. The molecule has 2 N–H and O–H groups in total. The summed E-state index contributed by atoms with van der Waals surface area (Å²) < 4.78 is 0. The first-order valence-electron chi connectivity index (χ1n) is 6.21. The number of amides is 1. The highest BCUT2D eigenvalue weighted by Crippen LogP contribution is 2.18. The molecule has 5 nitrogen and oxygen atoms in total. The van der Waals surface area contributed by atoms with Gasteiger partial charge in [-0.2, -0.15) is 0 Å². The summed E-state index contributed by atoms with van der Waals surface area (Å²) in [6.07, 6.45) is 1.82. The SMILES string of the molecule is CC(O)CCN(C)C(C)C(=O)Nc1cccnc1Cl. The van der Waals surface area contributed by atoms with E-state index in [1.165, 1.54) is 0 Å². The summed E-state index contributed by atoms with van der Waals surface area (Å²) in [5.74, 6) is -0.150. The topological polar surface area (TPSA) is 65.5 Å². The zero-order valence-electron chi connectivity index (χ0n) is 11.4. The Labute approximate surface area is 118 Å². The van der Waals surface area contributed by atoms with E-state index in [9.17, 15) is 9.90 Å². The van der Waals surface area contributed by atoms with Crippen LogP contribution in [0.2, 0.25) is 5.15 Å². The van der Waals surface area contributed by atoms with Crippen LogP contribution in [0.4, 0.5) is 5.69 Å². The van der Waals surface area contributed by atoms with Gasteiger partial charge in [-0.1, -0.05) is 11.6 Å². The molecule has 6 heteroatoms. The molecule has 0 saturated carbocycles. The number of rotatable bonds is 6. The average molecular weight is 286 g/mol. The van der Waals surface area contributed by atoms with Crippen molar-refractivity contribution >= 4 is 23.2 Å². The van der Waals surface area contributed by atoms with Gasteiger partial charge in [0.1, 0.15) is 0 Å². The highest BCUT2D eigenvalue weighted by Gasteiger charge is 2.19. The number of carbonyl (C=O) groups is 1. The Balaban J connectivity index is 2.55. The molecule has 0 bridgehead atoms. The van der Waals surface area contributed by atoms with Crippen molar-refractivity contribution in [2.24, 2.45) is 0 Å². The third-order valence-corrected chi connectivity index (χ3v) is 3.26. The number of likely N-dealkylation sites (N-methyl/N-ethyl adjacent to an activating group) is 1. The second kappa shape index (κ2) is 7.43. The molecule has 0 aliphatic rings. The Morgan fingerprint density at radius 1 is 1.58 bits per heavy atom. The van der Waals surface area contributed by atoms with Gasteiger partial charge in [-0.25, -0.2) is 4.98 Å². The number of aromatic nitrogens is 1. The van der Waals surface area contributed by atoms with Gasteiger partial charge in [0.25, 0.3) is 0 Å². The van der Waals surface area contributed by atoms with Gasteiger partial charge in [0.2, 0.25) is 5.91 Å². The number of nitrogens with zero attached hydrogens (tertiary/aromatic N) is 2. The smallest absolute Gasteiger partial charge is 0.241 e. The molecule has 1 aromatic rings. The molecule has 106 valence electrons. The predicted molar refractivity (Wildman–Crippen MR) is 76.3 cm³/mol. The molecule has 0 aliphatic carbocycles. The van der Waals surface area contributed by atoms with E-state index in [2.05, 4.69) is 10.3 Å². The minimum Gasteiger partial charge on any atom is -0.393 e. The van der Waals surface area contributed by atoms with Crippen LogP contribution in [0.25, 0.3) is 0 Å². The van der Waals surface area contributed by atoms with Crippen LogP contribution in [-0.2, 0) is 4.79 Å². The monoisotopic (exact) mass is 285 g/mol. The summed E-state index contributed by atoms with van der Waals surface area (Å²) in [4.78, 5) is 17.8. The Hall–Kier alpha value is -1.17. The predicted octanol–water partition coefficient (Wildman–Crippen LogP) is 1.76. The molecule has 1 amide bonds. The van der Waals surface area contributed by atoms with Gasteiger partial charge < -0.3 is 10.4 Å². The van der Waals surface area contributed by atoms with Crippen LogP contribution < -0.4 is 5.32 Å². The van der Waals surface area contributed by atoms with Gasteiger partial charge >= 0.3 is 0 Å². The molecular formula is C13H20ClN3O2. The van der Waals surface area contributed by atoms with Crippen molar-refractivity contribution in [3.8, 4) is 0 Å². The van der Waals surface area contributed by atoms with Gasteiger partial charge in [0.05, 0.1) is 17.8 Å². The Kier molecular flexibility index (Phi) is 6.21. The third-order valence-electron chi connectivity index (χ3n) is 2.96. The van der Waals surface area contributed by atoms with Gasteiger partial charge in [0.15, 0.2) is 5.15 Å². The number of hydrogen-bond acceptors (Lipinski definition) is 4. The van der Waals surface area contributed by atoms with Crippen molar-refractivity contribution in [1.82, 2.24) is 9.88 Å². The summed E-state index contributed by atoms with van der Waals surface area (Å²) in [6.45, 7) is 4.18. The molecule has 0 spiro atoms. The Morgan fingerprint density at radius 3 is 2.84 bits per heavy atom. The first-order chi connectivity index (χ1) is 8.91. The van der Waals surface area contributed by atoms with Crippen LogP contribution in [0, 0.1) is 0 Å². The Morgan fingerprint density at radius 2 is 2.26 bits per heavy atom. The zero-order valence-corrected chi connectivity index (χ0v) is 12.2. The van der Waals surface area contributed by atoms with E-state index < -0.39 is 0 Å². The van der Waals surface area contributed by atoms with Crippen molar-refractivity contribution in [1.29, 1.82) is 0 Å². The minimum absolute atomic E-state index is 0.150. The van der Waals surface area contributed by atoms with E-state index in [-0.39, 0.29) is 23.2 Å². The van der Waals surface area contributed by atoms with E-state index in [1.54, 1.807) is 25.3 Å². The van der Waals surface area contributed by atoms with E-state index in [0.29, 0.717) is 18.7 Å². The van der Waals surface area contributed by atoms with E-state index in [0.717, 1.165) is 0 Å². The standard InChI is InChI=1S/C13H20ClN3O2/c1-9(18)6-8-17(3)10(2)13(19)16-11-5-4-7-15-12(11)14/h4-5,7,9-10,18H,6,8H2,1-3H3,(H,16,19). The second-order valence-corrected chi connectivity index (χ2v) is 4.98. The molecule has 0 radical (unpaired) electrons. The lowest BCUT2D eigenvalue weighted by Crippen LogP contribution is -2.40. The summed E-state index contributed by atoms with van der Waals surface area (Å²) in [5.41, 5.74) is 0.505. The number of pyridine rings is 1. The molecular weight excluding hydrogens is 266 g/mol. The van der Waals surface area contributed by atoms with Crippen LogP contribution in [0.3, 0.4) is 0 Å². The quantitative estimate of drug-likeness (QED) is 0.782. The maximum Gasteiger partial charge on any atom is 0.241 e. The molecule has 0 fully saturated rings. The molecule has 2 unspecified atom stereocenters. The van der Waals surface area contributed by atoms with Gasteiger partial charge in [-0.05, 0) is 39.4 Å². The maximum absolute atomic E-state index is 12.0. The van der Waals surface area contributed by atoms with Crippen LogP contribution in [0.1, 0.15) is 20.3 Å². The lowest BCUT2D eigenvalue weighted by molar-refractivity contribution is -0.120. The number of nitrogens with one attached hydrogen (secondary N) is 1.